The van der Waals surface area contributed by atoms with Crippen LogP contribution < -0.4 is 10.1 Å². The van der Waals surface area contributed by atoms with Gasteiger partial charge in [0.15, 0.2) is 6.61 Å². The van der Waals surface area contributed by atoms with Crippen LogP contribution in [0.2, 0.25) is 10.0 Å². The van der Waals surface area contributed by atoms with Crippen molar-refractivity contribution in [1.29, 1.82) is 0 Å². The molecule has 2 amide bonds. The molecule has 0 unspecified atom stereocenters. The Bertz CT molecular complexity index is 587. The lowest BCUT2D eigenvalue weighted by molar-refractivity contribution is -0.137. The Balaban J connectivity index is 1.78. The summed E-state index contributed by atoms with van der Waals surface area (Å²) >= 11 is 11.9. The van der Waals surface area contributed by atoms with Gasteiger partial charge >= 0.3 is 0 Å². The van der Waals surface area contributed by atoms with Crippen molar-refractivity contribution in [2.45, 2.75) is 26.2 Å². The quantitative estimate of drug-likeness (QED) is 0.834. The van der Waals surface area contributed by atoms with Gasteiger partial charge in [0.05, 0.1) is 5.02 Å². The number of rotatable bonds is 6. The molecular weight excluding hydrogens is 351 g/mol. The molecule has 0 spiro atoms. The first-order valence-corrected chi connectivity index (χ1v) is 8.90. The topological polar surface area (TPSA) is 58.6 Å². The summed E-state index contributed by atoms with van der Waals surface area (Å²) in [6.45, 7) is 3.76. The van der Waals surface area contributed by atoms with Crippen LogP contribution in [0.5, 0.6) is 5.75 Å². The lowest BCUT2D eigenvalue weighted by Crippen LogP contribution is -2.44. The molecule has 2 rings (SSSR count). The third kappa shape index (κ3) is 5.28. The van der Waals surface area contributed by atoms with Crippen LogP contribution in [0.3, 0.4) is 0 Å². The minimum absolute atomic E-state index is 0.0103. The monoisotopic (exact) mass is 372 g/mol. The Hall–Kier alpha value is -1.46. The van der Waals surface area contributed by atoms with Gasteiger partial charge in [0.1, 0.15) is 5.75 Å². The number of piperidine rings is 1. The normalized spacial score (nSPS) is 15.2. The Morgan fingerprint density at radius 2 is 2.00 bits per heavy atom. The third-order valence-corrected chi connectivity index (χ3v) is 4.56. The van der Waals surface area contributed by atoms with Crippen molar-refractivity contribution in [2.24, 2.45) is 5.92 Å². The van der Waals surface area contributed by atoms with Crippen LogP contribution >= 0.6 is 23.2 Å². The molecule has 1 aliphatic heterocycles. The van der Waals surface area contributed by atoms with E-state index in [1.54, 1.807) is 23.1 Å². The molecule has 1 heterocycles. The lowest BCUT2D eigenvalue weighted by Gasteiger charge is -2.31. The standard InChI is InChI=1S/C17H22Cl2N2O3/c1-2-7-20-17(23)12-5-8-21(9-6-12)16(22)11-24-15-10-13(18)3-4-14(15)19/h3-4,10,12H,2,5-9,11H2,1H3,(H,20,23). The zero-order valence-electron chi connectivity index (χ0n) is 13.7. The van der Waals surface area contributed by atoms with Crippen molar-refractivity contribution in [2.75, 3.05) is 26.2 Å². The Labute approximate surface area is 152 Å². The van der Waals surface area contributed by atoms with Crippen LogP contribution in [0, 0.1) is 5.92 Å². The van der Waals surface area contributed by atoms with Crippen molar-refractivity contribution in [1.82, 2.24) is 10.2 Å². The smallest absolute Gasteiger partial charge is 0.260 e. The Morgan fingerprint density at radius 3 is 2.67 bits per heavy atom. The molecule has 0 atom stereocenters. The van der Waals surface area contributed by atoms with Gasteiger partial charge in [-0.25, -0.2) is 0 Å². The Morgan fingerprint density at radius 1 is 1.29 bits per heavy atom. The first-order chi connectivity index (χ1) is 11.5. The SMILES string of the molecule is CCCNC(=O)C1CCN(C(=O)COc2cc(Cl)ccc2Cl)CC1. The van der Waals surface area contributed by atoms with Crippen molar-refractivity contribution >= 4 is 35.0 Å². The van der Waals surface area contributed by atoms with E-state index in [1.807, 2.05) is 6.92 Å². The van der Waals surface area contributed by atoms with E-state index in [0.29, 0.717) is 48.3 Å². The van der Waals surface area contributed by atoms with E-state index < -0.39 is 0 Å². The molecule has 0 aromatic heterocycles. The number of halogens is 2. The molecule has 1 saturated heterocycles. The van der Waals surface area contributed by atoms with Crippen LogP contribution in [0.15, 0.2) is 18.2 Å². The summed E-state index contributed by atoms with van der Waals surface area (Å²) in [6.07, 6.45) is 2.28. The highest BCUT2D eigenvalue weighted by molar-refractivity contribution is 6.34. The highest BCUT2D eigenvalue weighted by atomic mass is 35.5. The van der Waals surface area contributed by atoms with Gasteiger partial charge in [-0.05, 0) is 31.4 Å². The van der Waals surface area contributed by atoms with E-state index in [1.165, 1.54) is 0 Å². The molecule has 1 fully saturated rings. The Kier molecular flexibility index (Phi) is 7.18. The number of amides is 2. The summed E-state index contributed by atoms with van der Waals surface area (Å²) < 4.78 is 5.47. The van der Waals surface area contributed by atoms with Gasteiger partial charge < -0.3 is 15.0 Å². The fourth-order valence-corrected chi connectivity index (χ4v) is 2.94. The third-order valence-electron chi connectivity index (χ3n) is 4.01. The van der Waals surface area contributed by atoms with Crippen molar-refractivity contribution < 1.29 is 14.3 Å². The highest BCUT2D eigenvalue weighted by Gasteiger charge is 2.27. The number of hydrogen-bond donors (Lipinski definition) is 1. The molecular formula is C17H22Cl2N2O3. The van der Waals surface area contributed by atoms with Crippen molar-refractivity contribution in [3.8, 4) is 5.75 Å². The molecule has 5 nitrogen and oxygen atoms in total. The van der Waals surface area contributed by atoms with E-state index in [4.69, 9.17) is 27.9 Å². The maximum Gasteiger partial charge on any atom is 0.260 e. The van der Waals surface area contributed by atoms with Crippen LogP contribution in [0.1, 0.15) is 26.2 Å². The maximum atomic E-state index is 12.2. The zero-order valence-corrected chi connectivity index (χ0v) is 15.2. The van der Waals surface area contributed by atoms with Crippen LogP contribution in [-0.4, -0.2) is 43.0 Å². The molecule has 0 saturated carbocycles. The molecule has 0 aliphatic carbocycles. The number of likely N-dealkylation sites (tertiary alicyclic amines) is 1. The molecule has 132 valence electrons. The zero-order chi connectivity index (χ0) is 17.5. The van der Waals surface area contributed by atoms with Crippen molar-refractivity contribution in [3.63, 3.8) is 0 Å². The molecule has 1 aromatic rings. The van der Waals surface area contributed by atoms with E-state index in [0.717, 1.165) is 6.42 Å². The molecule has 0 radical (unpaired) electrons. The van der Waals surface area contributed by atoms with Gasteiger partial charge in [-0.1, -0.05) is 30.1 Å². The number of nitrogens with one attached hydrogen (secondary N) is 1. The molecule has 1 aliphatic rings. The summed E-state index contributed by atoms with van der Waals surface area (Å²) in [5.41, 5.74) is 0. The average Bonchev–Trinajstić information content (AvgIpc) is 2.60. The molecule has 24 heavy (non-hydrogen) atoms. The second kappa shape index (κ2) is 9.14. The predicted molar refractivity (Wildman–Crippen MR) is 94.6 cm³/mol. The number of carbonyl (C=O) groups is 2. The van der Waals surface area contributed by atoms with Crippen LogP contribution in [0.4, 0.5) is 0 Å². The first-order valence-electron chi connectivity index (χ1n) is 8.14. The van der Waals surface area contributed by atoms with Gasteiger partial charge in [0.25, 0.3) is 5.91 Å². The minimum atomic E-state index is -0.113. The van der Waals surface area contributed by atoms with Gasteiger partial charge in [-0.3, -0.25) is 9.59 Å². The first kappa shape index (κ1) is 18.9. The van der Waals surface area contributed by atoms with Crippen LogP contribution in [-0.2, 0) is 9.59 Å². The summed E-state index contributed by atoms with van der Waals surface area (Å²) in [4.78, 5) is 25.9. The summed E-state index contributed by atoms with van der Waals surface area (Å²) in [6, 6.07) is 4.87. The molecule has 1 N–H and O–H groups in total. The summed E-state index contributed by atoms with van der Waals surface area (Å²) in [7, 11) is 0. The van der Waals surface area contributed by atoms with Gasteiger partial charge in [0.2, 0.25) is 5.91 Å². The second-order valence-corrected chi connectivity index (χ2v) is 6.65. The minimum Gasteiger partial charge on any atom is -0.482 e. The van der Waals surface area contributed by atoms with E-state index >= 15 is 0 Å². The predicted octanol–water partition coefficient (Wildman–Crippen LogP) is 3.14. The highest BCUT2D eigenvalue weighted by Crippen LogP contribution is 2.27. The molecule has 7 heteroatoms. The number of hydrogen-bond acceptors (Lipinski definition) is 3. The van der Waals surface area contributed by atoms with Gasteiger partial charge in [-0.15, -0.1) is 0 Å². The maximum absolute atomic E-state index is 12.2. The second-order valence-electron chi connectivity index (χ2n) is 5.81. The summed E-state index contributed by atoms with van der Waals surface area (Å²) in [5.74, 6) is 0.361. The van der Waals surface area contributed by atoms with Crippen LogP contribution in [0.25, 0.3) is 0 Å². The largest absolute Gasteiger partial charge is 0.482 e. The number of carbonyl (C=O) groups excluding carboxylic acids is 2. The van der Waals surface area contributed by atoms with E-state index in [9.17, 15) is 9.59 Å². The number of benzene rings is 1. The average molecular weight is 373 g/mol. The van der Waals surface area contributed by atoms with Gasteiger partial charge in [0, 0.05) is 36.6 Å². The number of nitrogens with zero attached hydrogens (tertiary/aromatic N) is 1. The summed E-state index contributed by atoms with van der Waals surface area (Å²) in [5, 5.41) is 3.83. The number of ether oxygens (including phenoxy) is 1. The molecule has 0 bridgehead atoms. The van der Waals surface area contributed by atoms with E-state index in [-0.39, 0.29) is 24.3 Å². The fraction of sp³-hybridized carbons (Fsp3) is 0.529. The lowest BCUT2D eigenvalue weighted by atomic mass is 9.96. The van der Waals surface area contributed by atoms with E-state index in [2.05, 4.69) is 5.32 Å². The van der Waals surface area contributed by atoms with Gasteiger partial charge in [-0.2, -0.15) is 0 Å². The van der Waals surface area contributed by atoms with Crippen molar-refractivity contribution in [3.05, 3.63) is 28.2 Å². The molecule has 1 aromatic carbocycles. The fourth-order valence-electron chi connectivity index (χ4n) is 2.60.